The Morgan fingerprint density at radius 2 is 2.40 bits per heavy atom. The molecular formula is C14H21N3O3. The van der Waals surface area contributed by atoms with Gasteiger partial charge in [0.05, 0.1) is 36.7 Å². The van der Waals surface area contributed by atoms with Crippen molar-refractivity contribution in [1.82, 2.24) is 4.98 Å². The summed E-state index contributed by atoms with van der Waals surface area (Å²) in [5.41, 5.74) is 6.42. The van der Waals surface area contributed by atoms with Gasteiger partial charge in [0, 0.05) is 6.54 Å². The summed E-state index contributed by atoms with van der Waals surface area (Å²) in [5, 5.41) is 9.50. The molecular weight excluding hydrogens is 258 g/mol. The molecule has 20 heavy (non-hydrogen) atoms. The first kappa shape index (κ1) is 14.6. The van der Waals surface area contributed by atoms with Crippen molar-refractivity contribution in [3.05, 3.63) is 17.8 Å². The number of hydrogen-bond donors (Lipinski definition) is 2. The molecule has 3 N–H and O–H groups in total. The van der Waals surface area contributed by atoms with E-state index in [1.807, 2.05) is 4.90 Å². The number of anilines is 2. The van der Waals surface area contributed by atoms with E-state index in [2.05, 4.69) is 11.9 Å². The Bertz CT molecular complexity index is 493. The molecule has 1 saturated heterocycles. The number of aliphatic hydroxyl groups excluding tert-OH is 1. The lowest BCUT2D eigenvalue weighted by molar-refractivity contribution is 0.0527. The number of ether oxygens (including phenoxy) is 1. The van der Waals surface area contributed by atoms with E-state index in [1.165, 1.54) is 6.20 Å². The normalized spacial score (nSPS) is 22.1. The summed E-state index contributed by atoms with van der Waals surface area (Å²) in [4.78, 5) is 18.1. The highest BCUT2D eigenvalue weighted by atomic mass is 16.5. The number of nitrogens with two attached hydrogens (primary N) is 1. The molecule has 0 bridgehead atoms. The molecule has 0 saturated carbocycles. The minimum absolute atomic E-state index is 0.0289. The Morgan fingerprint density at radius 3 is 3.05 bits per heavy atom. The van der Waals surface area contributed by atoms with Crippen molar-refractivity contribution >= 4 is 17.5 Å². The van der Waals surface area contributed by atoms with Gasteiger partial charge in [0.2, 0.25) is 0 Å². The van der Waals surface area contributed by atoms with Gasteiger partial charge in [0.1, 0.15) is 5.82 Å². The fourth-order valence-electron chi connectivity index (χ4n) is 2.57. The van der Waals surface area contributed by atoms with Crippen LogP contribution in [0.5, 0.6) is 0 Å². The van der Waals surface area contributed by atoms with Crippen LogP contribution in [-0.2, 0) is 4.74 Å². The van der Waals surface area contributed by atoms with Gasteiger partial charge in [-0.05, 0) is 25.3 Å². The number of aliphatic hydroxyl groups is 1. The van der Waals surface area contributed by atoms with Gasteiger partial charge in [0.25, 0.3) is 0 Å². The molecule has 1 fully saturated rings. The standard InChI is InChI=1S/C14H21N3O3/c1-3-20-14(19)10-6-13(16-7-11(10)15)17-5-4-9(2)12(17)8-18/h6-7,9,12,18H,3-5,8,15H2,1-2H3. The molecule has 110 valence electrons. The summed E-state index contributed by atoms with van der Waals surface area (Å²) >= 11 is 0. The van der Waals surface area contributed by atoms with Gasteiger partial charge in [-0.2, -0.15) is 0 Å². The number of esters is 1. The van der Waals surface area contributed by atoms with Crippen molar-refractivity contribution in [1.29, 1.82) is 0 Å². The summed E-state index contributed by atoms with van der Waals surface area (Å²) in [6, 6.07) is 1.68. The number of hydrogen-bond acceptors (Lipinski definition) is 6. The minimum atomic E-state index is -0.443. The van der Waals surface area contributed by atoms with Gasteiger partial charge in [-0.3, -0.25) is 0 Å². The molecule has 2 rings (SSSR count). The van der Waals surface area contributed by atoms with E-state index in [-0.39, 0.29) is 12.6 Å². The minimum Gasteiger partial charge on any atom is -0.462 e. The third kappa shape index (κ3) is 2.70. The van der Waals surface area contributed by atoms with E-state index >= 15 is 0 Å². The Balaban J connectivity index is 2.29. The molecule has 1 aliphatic rings. The van der Waals surface area contributed by atoms with Gasteiger partial charge in [0.15, 0.2) is 0 Å². The van der Waals surface area contributed by atoms with Gasteiger partial charge >= 0.3 is 5.97 Å². The van der Waals surface area contributed by atoms with Crippen molar-refractivity contribution in [2.45, 2.75) is 26.3 Å². The van der Waals surface area contributed by atoms with Crippen molar-refractivity contribution in [3.8, 4) is 0 Å². The lowest BCUT2D eigenvalue weighted by Crippen LogP contribution is -2.35. The molecule has 2 unspecified atom stereocenters. The molecule has 6 heteroatoms. The van der Waals surface area contributed by atoms with Crippen molar-refractivity contribution in [2.24, 2.45) is 5.92 Å². The highest BCUT2D eigenvalue weighted by Crippen LogP contribution is 2.29. The van der Waals surface area contributed by atoms with E-state index in [1.54, 1.807) is 13.0 Å². The summed E-state index contributed by atoms with van der Waals surface area (Å²) in [7, 11) is 0. The lowest BCUT2D eigenvalue weighted by Gasteiger charge is -2.26. The molecule has 0 aliphatic carbocycles. The molecule has 2 heterocycles. The molecule has 0 radical (unpaired) electrons. The maximum atomic E-state index is 11.9. The number of carbonyl (C=O) groups is 1. The molecule has 2 atom stereocenters. The average Bonchev–Trinajstić information content (AvgIpc) is 2.80. The Kier molecular flexibility index (Phi) is 4.44. The van der Waals surface area contributed by atoms with E-state index in [0.29, 0.717) is 29.6 Å². The molecule has 1 aromatic rings. The predicted octanol–water partition coefficient (Wildman–Crippen LogP) is 1.05. The first-order chi connectivity index (χ1) is 9.58. The maximum Gasteiger partial charge on any atom is 0.340 e. The fraction of sp³-hybridized carbons (Fsp3) is 0.571. The van der Waals surface area contributed by atoms with Crippen LogP contribution in [0.3, 0.4) is 0 Å². The molecule has 1 aliphatic heterocycles. The Hall–Kier alpha value is -1.82. The van der Waals surface area contributed by atoms with E-state index in [4.69, 9.17) is 10.5 Å². The van der Waals surface area contributed by atoms with Gasteiger partial charge < -0.3 is 20.5 Å². The highest BCUT2D eigenvalue weighted by Gasteiger charge is 2.32. The van der Waals surface area contributed by atoms with Gasteiger partial charge in [-0.1, -0.05) is 6.92 Å². The van der Waals surface area contributed by atoms with Crippen LogP contribution in [0, 0.1) is 5.92 Å². The maximum absolute atomic E-state index is 11.9. The monoisotopic (exact) mass is 279 g/mol. The number of nitrogen functional groups attached to an aromatic ring is 1. The van der Waals surface area contributed by atoms with Crippen LogP contribution in [0.2, 0.25) is 0 Å². The fourth-order valence-corrected chi connectivity index (χ4v) is 2.57. The van der Waals surface area contributed by atoms with Crippen molar-refractivity contribution < 1.29 is 14.6 Å². The van der Waals surface area contributed by atoms with E-state index in [0.717, 1.165) is 13.0 Å². The molecule has 0 spiro atoms. The quantitative estimate of drug-likeness (QED) is 0.801. The van der Waals surface area contributed by atoms with Crippen molar-refractivity contribution in [2.75, 3.05) is 30.4 Å². The van der Waals surface area contributed by atoms with Crippen LogP contribution in [0.15, 0.2) is 12.3 Å². The Morgan fingerprint density at radius 1 is 1.65 bits per heavy atom. The zero-order chi connectivity index (χ0) is 14.7. The summed E-state index contributed by atoms with van der Waals surface area (Å²) in [6.45, 7) is 5.04. The lowest BCUT2D eigenvalue weighted by atomic mass is 10.0. The number of rotatable bonds is 4. The van der Waals surface area contributed by atoms with Crippen LogP contribution in [0.4, 0.5) is 11.5 Å². The van der Waals surface area contributed by atoms with Crippen LogP contribution in [-0.4, -0.2) is 41.9 Å². The summed E-state index contributed by atoms with van der Waals surface area (Å²) in [6.07, 6.45) is 2.46. The molecule has 1 aromatic heterocycles. The Labute approximate surface area is 118 Å². The third-order valence-corrected chi connectivity index (χ3v) is 3.78. The van der Waals surface area contributed by atoms with E-state index in [9.17, 15) is 9.90 Å². The van der Waals surface area contributed by atoms with Crippen LogP contribution >= 0.6 is 0 Å². The molecule has 0 aromatic carbocycles. The second-order valence-corrected chi connectivity index (χ2v) is 5.06. The largest absolute Gasteiger partial charge is 0.462 e. The van der Waals surface area contributed by atoms with Crippen molar-refractivity contribution in [3.63, 3.8) is 0 Å². The smallest absolute Gasteiger partial charge is 0.340 e. The third-order valence-electron chi connectivity index (χ3n) is 3.78. The molecule has 0 amide bonds. The zero-order valence-corrected chi connectivity index (χ0v) is 11.9. The highest BCUT2D eigenvalue weighted by molar-refractivity contribution is 5.95. The SMILES string of the molecule is CCOC(=O)c1cc(N2CCC(C)C2CO)ncc1N. The van der Waals surface area contributed by atoms with Crippen LogP contribution in [0.25, 0.3) is 0 Å². The number of carbonyl (C=O) groups excluding carboxylic acids is 1. The topological polar surface area (TPSA) is 88.7 Å². The number of aromatic nitrogens is 1. The number of pyridine rings is 1. The zero-order valence-electron chi connectivity index (χ0n) is 11.9. The van der Waals surface area contributed by atoms with Crippen LogP contribution < -0.4 is 10.6 Å². The first-order valence-corrected chi connectivity index (χ1v) is 6.88. The second-order valence-electron chi connectivity index (χ2n) is 5.06. The second kappa shape index (κ2) is 6.09. The van der Waals surface area contributed by atoms with Gasteiger partial charge in [-0.15, -0.1) is 0 Å². The average molecular weight is 279 g/mol. The summed E-state index contributed by atoms with van der Waals surface area (Å²) < 4.78 is 4.99. The first-order valence-electron chi connectivity index (χ1n) is 6.88. The van der Waals surface area contributed by atoms with E-state index < -0.39 is 5.97 Å². The van der Waals surface area contributed by atoms with Gasteiger partial charge in [-0.25, -0.2) is 9.78 Å². The summed E-state index contributed by atoms with van der Waals surface area (Å²) in [5.74, 6) is 0.609. The van der Waals surface area contributed by atoms with Crippen LogP contribution in [0.1, 0.15) is 30.6 Å². The molecule has 6 nitrogen and oxygen atoms in total. The number of nitrogens with zero attached hydrogens (tertiary/aromatic N) is 2. The predicted molar refractivity (Wildman–Crippen MR) is 76.6 cm³/mol.